The Hall–Kier alpha value is 0.360. The second-order valence-corrected chi connectivity index (χ2v) is 2.83. The van der Waals surface area contributed by atoms with Gasteiger partial charge in [0.15, 0.2) is 0 Å². The van der Waals surface area contributed by atoms with Crippen molar-refractivity contribution < 1.29 is 14.9 Å². The predicted octanol–water partition coefficient (Wildman–Crippen LogP) is -0.251. The van der Waals surface area contributed by atoms with E-state index in [-0.39, 0.29) is 24.1 Å². The van der Waals surface area contributed by atoms with E-state index in [1.54, 1.807) is 0 Å². The molecule has 0 saturated heterocycles. The Bertz CT molecular complexity index is 65.2. The van der Waals surface area contributed by atoms with Gasteiger partial charge in [0.1, 0.15) is 0 Å². The van der Waals surface area contributed by atoms with E-state index in [2.05, 4.69) is 15.9 Å². The molecule has 0 heterocycles. The molecule has 0 unspecified atom stereocenters. The first-order valence-electron chi connectivity index (χ1n) is 2.64. The quantitative estimate of drug-likeness (QED) is 0.614. The molecule has 0 aliphatic heterocycles. The van der Waals surface area contributed by atoms with Crippen molar-refractivity contribution in [3.05, 3.63) is 0 Å². The first-order chi connectivity index (χ1) is 4.26. The van der Waals surface area contributed by atoms with E-state index in [4.69, 9.17) is 14.9 Å². The van der Waals surface area contributed by atoms with Crippen molar-refractivity contribution in [2.24, 2.45) is 0 Å². The van der Waals surface area contributed by atoms with Gasteiger partial charge in [-0.25, -0.2) is 0 Å². The molecule has 0 saturated carbocycles. The number of aliphatic hydroxyl groups excluding tert-OH is 2. The Morgan fingerprint density at radius 3 is 2.11 bits per heavy atom. The molecule has 9 heavy (non-hydrogen) atoms. The van der Waals surface area contributed by atoms with Crippen LogP contribution in [0.3, 0.4) is 0 Å². The van der Waals surface area contributed by atoms with E-state index in [1.807, 2.05) is 0 Å². The number of hydrogen-bond donors (Lipinski definition) is 2. The van der Waals surface area contributed by atoms with Crippen LogP contribution in [0.2, 0.25) is 0 Å². The first-order valence-corrected chi connectivity index (χ1v) is 3.56. The minimum Gasteiger partial charge on any atom is -0.395 e. The van der Waals surface area contributed by atoms with Crippen molar-refractivity contribution in [1.29, 1.82) is 0 Å². The van der Waals surface area contributed by atoms with Crippen LogP contribution in [0.25, 0.3) is 0 Å². The number of methoxy groups -OCH3 is 1. The largest absolute Gasteiger partial charge is 0.395 e. The van der Waals surface area contributed by atoms with Gasteiger partial charge in [-0.15, -0.1) is 0 Å². The summed E-state index contributed by atoms with van der Waals surface area (Å²) in [6.07, 6.45) is -0.310. The Labute approximate surface area is 62.8 Å². The third-order valence-corrected chi connectivity index (χ3v) is 1.94. The molecule has 0 aromatic heterocycles. The fourth-order valence-electron chi connectivity index (χ4n) is 0.454. The van der Waals surface area contributed by atoms with Gasteiger partial charge in [0.05, 0.1) is 24.1 Å². The normalized spacial score (nSPS) is 17.3. The highest BCUT2D eigenvalue weighted by Crippen LogP contribution is 2.06. The molecular weight excluding hydrogens is 188 g/mol. The molecule has 0 radical (unpaired) electrons. The molecule has 2 N–H and O–H groups in total. The van der Waals surface area contributed by atoms with Gasteiger partial charge in [0, 0.05) is 7.11 Å². The monoisotopic (exact) mass is 198 g/mol. The summed E-state index contributed by atoms with van der Waals surface area (Å²) in [7, 11) is 1.49. The van der Waals surface area contributed by atoms with E-state index < -0.39 is 0 Å². The second kappa shape index (κ2) is 5.17. The Kier molecular flexibility index (Phi) is 5.38. The summed E-state index contributed by atoms with van der Waals surface area (Å²) in [4.78, 5) is -0.174. The zero-order valence-electron chi connectivity index (χ0n) is 5.25. The van der Waals surface area contributed by atoms with Crippen molar-refractivity contribution in [3.8, 4) is 0 Å². The molecule has 56 valence electrons. The molecule has 0 aromatic rings. The van der Waals surface area contributed by atoms with E-state index in [9.17, 15) is 0 Å². The summed E-state index contributed by atoms with van der Waals surface area (Å²) in [5.74, 6) is 0. The van der Waals surface area contributed by atoms with Gasteiger partial charge in [-0.05, 0) is 0 Å². The fourth-order valence-corrected chi connectivity index (χ4v) is 0.837. The Balaban J connectivity index is 3.50. The Morgan fingerprint density at radius 2 is 2.00 bits per heavy atom. The maximum Gasteiger partial charge on any atom is 0.0948 e. The number of rotatable bonds is 4. The van der Waals surface area contributed by atoms with Crippen LogP contribution in [-0.4, -0.2) is 41.5 Å². The SMILES string of the molecule is CO[C@H](CO)[C@@H](Br)CO. The summed E-state index contributed by atoms with van der Waals surface area (Å²) in [6, 6.07) is 0. The van der Waals surface area contributed by atoms with Crippen LogP contribution >= 0.6 is 15.9 Å². The van der Waals surface area contributed by atoms with Crippen LogP contribution in [0.1, 0.15) is 0 Å². The van der Waals surface area contributed by atoms with E-state index in [0.717, 1.165) is 0 Å². The van der Waals surface area contributed by atoms with Gasteiger partial charge in [-0.1, -0.05) is 15.9 Å². The molecule has 0 aliphatic rings. The molecule has 0 spiro atoms. The highest BCUT2D eigenvalue weighted by atomic mass is 79.9. The lowest BCUT2D eigenvalue weighted by Gasteiger charge is -2.15. The third-order valence-electron chi connectivity index (χ3n) is 1.06. The van der Waals surface area contributed by atoms with Gasteiger partial charge < -0.3 is 14.9 Å². The van der Waals surface area contributed by atoms with Crippen LogP contribution in [0.5, 0.6) is 0 Å². The van der Waals surface area contributed by atoms with Crippen LogP contribution in [0.4, 0.5) is 0 Å². The smallest absolute Gasteiger partial charge is 0.0948 e. The Morgan fingerprint density at radius 1 is 1.44 bits per heavy atom. The number of aliphatic hydroxyl groups is 2. The molecule has 0 rings (SSSR count). The fraction of sp³-hybridized carbons (Fsp3) is 1.00. The van der Waals surface area contributed by atoms with E-state index >= 15 is 0 Å². The summed E-state index contributed by atoms with van der Waals surface area (Å²) >= 11 is 3.13. The lowest BCUT2D eigenvalue weighted by molar-refractivity contribution is 0.0380. The number of halogens is 1. The van der Waals surface area contributed by atoms with Crippen molar-refractivity contribution in [3.63, 3.8) is 0 Å². The van der Waals surface area contributed by atoms with Gasteiger partial charge in [-0.3, -0.25) is 0 Å². The summed E-state index contributed by atoms with van der Waals surface area (Å²) < 4.78 is 4.80. The average molecular weight is 199 g/mol. The molecule has 4 heteroatoms. The molecular formula is C5H11BrO3. The summed E-state index contributed by atoms with van der Waals surface area (Å²) in [5, 5.41) is 17.1. The topological polar surface area (TPSA) is 49.7 Å². The molecule has 2 atom stereocenters. The summed E-state index contributed by atoms with van der Waals surface area (Å²) in [5.41, 5.74) is 0. The van der Waals surface area contributed by atoms with Crippen molar-refractivity contribution in [1.82, 2.24) is 0 Å². The third kappa shape index (κ3) is 3.15. The minimum absolute atomic E-state index is 0.0287. The number of ether oxygens (including phenoxy) is 1. The van der Waals surface area contributed by atoms with Gasteiger partial charge in [0.2, 0.25) is 0 Å². The minimum atomic E-state index is -0.310. The van der Waals surface area contributed by atoms with Crippen LogP contribution in [-0.2, 0) is 4.74 Å². The zero-order chi connectivity index (χ0) is 7.28. The predicted molar refractivity (Wildman–Crippen MR) is 37.7 cm³/mol. The maximum atomic E-state index is 8.56. The molecule has 0 fully saturated rings. The van der Waals surface area contributed by atoms with Gasteiger partial charge in [0.25, 0.3) is 0 Å². The molecule has 0 aromatic carbocycles. The highest BCUT2D eigenvalue weighted by molar-refractivity contribution is 9.09. The zero-order valence-corrected chi connectivity index (χ0v) is 6.84. The molecule has 0 amide bonds. The van der Waals surface area contributed by atoms with Crippen molar-refractivity contribution in [2.75, 3.05) is 20.3 Å². The standard InChI is InChI=1S/C5H11BrO3/c1-9-5(3-8)4(6)2-7/h4-5,7-8H,2-3H2,1H3/t4-,5+/m0/s1. The lowest BCUT2D eigenvalue weighted by Crippen LogP contribution is -2.29. The van der Waals surface area contributed by atoms with Gasteiger partial charge in [-0.2, -0.15) is 0 Å². The van der Waals surface area contributed by atoms with Crippen molar-refractivity contribution >= 4 is 15.9 Å². The molecule has 0 aliphatic carbocycles. The molecule has 3 nitrogen and oxygen atoms in total. The first kappa shape index (κ1) is 9.36. The summed E-state index contributed by atoms with van der Waals surface area (Å²) in [6.45, 7) is -0.105. The lowest BCUT2D eigenvalue weighted by atomic mass is 10.3. The van der Waals surface area contributed by atoms with Crippen molar-refractivity contribution in [2.45, 2.75) is 10.9 Å². The second-order valence-electron chi connectivity index (χ2n) is 1.66. The van der Waals surface area contributed by atoms with E-state index in [1.165, 1.54) is 7.11 Å². The average Bonchev–Trinajstić information content (AvgIpc) is 1.90. The van der Waals surface area contributed by atoms with Gasteiger partial charge >= 0.3 is 0 Å². The molecule has 0 bridgehead atoms. The maximum absolute atomic E-state index is 8.56. The number of hydrogen-bond acceptors (Lipinski definition) is 3. The van der Waals surface area contributed by atoms with Crippen LogP contribution in [0.15, 0.2) is 0 Å². The number of alkyl halides is 1. The van der Waals surface area contributed by atoms with Crippen LogP contribution in [0, 0.1) is 0 Å². The van der Waals surface area contributed by atoms with E-state index in [0.29, 0.717) is 0 Å². The highest BCUT2D eigenvalue weighted by Gasteiger charge is 2.15. The van der Waals surface area contributed by atoms with Crippen LogP contribution < -0.4 is 0 Å².